The number of hydrogen-bond acceptors (Lipinski definition) is 4. The molecule has 0 saturated carbocycles. The van der Waals surface area contributed by atoms with E-state index in [0.29, 0.717) is 0 Å². The van der Waals surface area contributed by atoms with Gasteiger partial charge in [0.15, 0.2) is 0 Å². The molecule has 0 radical (unpaired) electrons. The van der Waals surface area contributed by atoms with E-state index in [9.17, 15) is 0 Å². The molecular weight excluding hydrogens is 300 g/mol. The summed E-state index contributed by atoms with van der Waals surface area (Å²) in [6.45, 7) is 2.17. The molecule has 0 aliphatic rings. The summed E-state index contributed by atoms with van der Waals surface area (Å²) in [6.07, 6.45) is 0. The van der Waals surface area contributed by atoms with Crippen LogP contribution in [0.3, 0.4) is 0 Å². The highest BCUT2D eigenvalue weighted by Gasteiger charge is 2.28. The van der Waals surface area contributed by atoms with E-state index in [4.69, 9.17) is 4.98 Å². The third kappa shape index (κ3) is 2.35. The molecule has 1 N–H and O–H groups in total. The lowest BCUT2D eigenvalue weighted by Gasteiger charge is -2.28. The lowest BCUT2D eigenvalue weighted by Crippen LogP contribution is -2.36. The molecule has 2 aromatic carbocycles. The van der Waals surface area contributed by atoms with Crippen molar-refractivity contribution < 1.29 is 0 Å². The third-order valence-corrected chi connectivity index (χ3v) is 4.60. The van der Waals surface area contributed by atoms with Crippen molar-refractivity contribution >= 4 is 22.1 Å². The zero-order valence-corrected chi connectivity index (χ0v) is 14.0. The molecule has 4 aromatic rings. The number of aromatic amines is 1. The fourth-order valence-corrected chi connectivity index (χ4v) is 3.04. The monoisotopic (exact) mass is 320 g/mol. The second kappa shape index (κ2) is 5.72. The number of nitrogens with zero attached hydrogens (tertiary/aromatic N) is 5. The van der Waals surface area contributed by atoms with Gasteiger partial charge in [0.25, 0.3) is 0 Å². The maximum atomic E-state index is 4.81. The first-order valence-electron chi connectivity index (χ1n) is 8.06. The Bertz CT molecular complexity index is 950. The van der Waals surface area contributed by atoms with Gasteiger partial charge < -0.3 is 9.88 Å². The molecule has 0 fully saturated rings. The molecule has 24 heavy (non-hydrogen) atoms. The van der Waals surface area contributed by atoms with Crippen LogP contribution in [0.25, 0.3) is 22.1 Å². The van der Waals surface area contributed by atoms with Gasteiger partial charge in [0.2, 0.25) is 0 Å². The van der Waals surface area contributed by atoms with Gasteiger partial charge in [0.1, 0.15) is 17.4 Å². The Kier molecular flexibility index (Phi) is 3.54. The van der Waals surface area contributed by atoms with Gasteiger partial charge in [0, 0.05) is 6.04 Å². The van der Waals surface area contributed by atoms with Crippen LogP contribution in [0.4, 0.5) is 0 Å². The van der Waals surface area contributed by atoms with E-state index in [1.54, 1.807) is 0 Å². The van der Waals surface area contributed by atoms with Crippen molar-refractivity contribution in [1.29, 1.82) is 0 Å². The largest absolute Gasteiger partial charge is 0.340 e. The highest BCUT2D eigenvalue weighted by molar-refractivity contribution is 5.76. The summed E-state index contributed by atoms with van der Waals surface area (Å²) >= 11 is 0. The van der Waals surface area contributed by atoms with Crippen LogP contribution in [0.15, 0.2) is 48.5 Å². The predicted molar refractivity (Wildman–Crippen MR) is 94.9 cm³/mol. The molecule has 0 bridgehead atoms. The van der Waals surface area contributed by atoms with Gasteiger partial charge in [-0.05, 0) is 45.3 Å². The second-order valence-corrected chi connectivity index (χ2v) is 6.31. The zero-order valence-electron chi connectivity index (χ0n) is 14.0. The minimum Gasteiger partial charge on any atom is -0.340 e. The summed E-state index contributed by atoms with van der Waals surface area (Å²) in [5.74, 6) is 0.896. The van der Waals surface area contributed by atoms with E-state index < -0.39 is 0 Å². The molecule has 2 unspecified atom stereocenters. The minimum absolute atomic E-state index is 0.0557. The number of hydrogen-bond donors (Lipinski definition) is 1. The van der Waals surface area contributed by atoms with Crippen molar-refractivity contribution in [2.24, 2.45) is 0 Å². The number of rotatable bonds is 4. The van der Waals surface area contributed by atoms with Crippen LogP contribution in [0.1, 0.15) is 18.8 Å². The van der Waals surface area contributed by atoms with E-state index in [0.717, 1.165) is 27.9 Å². The van der Waals surface area contributed by atoms with Crippen LogP contribution < -0.4 is 0 Å². The Hall–Kier alpha value is -2.73. The third-order valence-electron chi connectivity index (χ3n) is 4.60. The van der Waals surface area contributed by atoms with E-state index in [2.05, 4.69) is 41.2 Å². The second-order valence-electron chi connectivity index (χ2n) is 6.31. The summed E-state index contributed by atoms with van der Waals surface area (Å²) in [7, 11) is 4.14. The molecule has 6 heteroatoms. The van der Waals surface area contributed by atoms with Crippen molar-refractivity contribution in [2.45, 2.75) is 19.0 Å². The average molecular weight is 320 g/mol. The van der Waals surface area contributed by atoms with Gasteiger partial charge in [-0.3, -0.25) is 0 Å². The topological polar surface area (TPSA) is 62.6 Å². The van der Waals surface area contributed by atoms with Crippen molar-refractivity contribution in [1.82, 2.24) is 29.9 Å². The highest BCUT2D eigenvalue weighted by Crippen LogP contribution is 2.27. The number of aromatic nitrogens is 5. The highest BCUT2D eigenvalue weighted by atomic mass is 15.5. The normalized spacial score (nSPS) is 14.5. The van der Waals surface area contributed by atoms with Gasteiger partial charge >= 0.3 is 0 Å². The Morgan fingerprint density at radius 2 is 1.71 bits per heavy atom. The summed E-state index contributed by atoms with van der Waals surface area (Å²) in [4.78, 5) is 10.4. The first kappa shape index (κ1) is 14.8. The summed E-state index contributed by atoms with van der Waals surface area (Å²) < 4.78 is 1.97. The average Bonchev–Trinajstić information content (AvgIpc) is 3.19. The summed E-state index contributed by atoms with van der Waals surface area (Å²) in [5, 5.41) is 8.74. The van der Waals surface area contributed by atoms with E-state index in [1.807, 2.05) is 53.2 Å². The SMILES string of the molecule is CC(C(c1nc2ccccc2[nH]1)n1nnc2ccccc21)N(C)C. The predicted octanol–water partition coefficient (Wildman–Crippen LogP) is 2.85. The molecule has 0 amide bonds. The molecule has 2 atom stereocenters. The fraction of sp³-hybridized carbons (Fsp3) is 0.278. The van der Waals surface area contributed by atoms with E-state index in [1.165, 1.54) is 0 Å². The number of likely N-dealkylation sites (N-methyl/N-ethyl adjacent to an activating group) is 1. The van der Waals surface area contributed by atoms with Crippen LogP contribution in [0, 0.1) is 0 Å². The maximum absolute atomic E-state index is 4.81. The first-order valence-corrected chi connectivity index (χ1v) is 8.06. The molecular formula is C18H20N6. The number of nitrogens with one attached hydrogen (secondary N) is 1. The first-order chi connectivity index (χ1) is 11.6. The Balaban J connectivity index is 1.91. The lowest BCUT2D eigenvalue weighted by molar-refractivity contribution is 0.238. The molecule has 122 valence electrons. The summed E-state index contributed by atoms with van der Waals surface area (Å²) in [6, 6.07) is 16.2. The summed E-state index contributed by atoms with van der Waals surface area (Å²) in [5.41, 5.74) is 3.90. The van der Waals surface area contributed by atoms with E-state index >= 15 is 0 Å². The smallest absolute Gasteiger partial charge is 0.133 e. The number of benzene rings is 2. The van der Waals surface area contributed by atoms with Gasteiger partial charge in [0.05, 0.1) is 16.6 Å². The maximum Gasteiger partial charge on any atom is 0.133 e. The van der Waals surface area contributed by atoms with Gasteiger partial charge in [-0.1, -0.05) is 29.5 Å². The Labute approximate surface area is 140 Å². The fourth-order valence-electron chi connectivity index (χ4n) is 3.04. The van der Waals surface area contributed by atoms with Crippen LogP contribution in [-0.2, 0) is 0 Å². The quantitative estimate of drug-likeness (QED) is 0.628. The molecule has 2 aromatic heterocycles. The molecule has 2 heterocycles. The standard InChI is InChI=1S/C18H20N6/c1-12(23(2)3)17(18-19-13-8-4-5-9-14(13)20-18)24-16-11-7-6-10-15(16)21-22-24/h4-12,17H,1-3H3,(H,19,20). The minimum atomic E-state index is -0.0557. The van der Waals surface area contributed by atoms with Gasteiger partial charge in [-0.25, -0.2) is 9.67 Å². The zero-order chi connectivity index (χ0) is 16.7. The molecule has 0 aliphatic carbocycles. The Morgan fingerprint density at radius 1 is 1.00 bits per heavy atom. The van der Waals surface area contributed by atoms with Gasteiger partial charge in [-0.15, -0.1) is 5.10 Å². The van der Waals surface area contributed by atoms with Crippen LogP contribution >= 0.6 is 0 Å². The van der Waals surface area contributed by atoms with Crippen molar-refractivity contribution in [2.75, 3.05) is 14.1 Å². The number of fused-ring (bicyclic) bond motifs is 2. The van der Waals surface area contributed by atoms with Crippen LogP contribution in [0.2, 0.25) is 0 Å². The van der Waals surface area contributed by atoms with Crippen LogP contribution in [0.5, 0.6) is 0 Å². The number of H-pyrrole nitrogens is 1. The van der Waals surface area contributed by atoms with Crippen molar-refractivity contribution in [3.8, 4) is 0 Å². The molecule has 6 nitrogen and oxygen atoms in total. The van der Waals surface area contributed by atoms with Crippen molar-refractivity contribution in [3.63, 3.8) is 0 Å². The molecule has 0 aliphatic heterocycles. The molecule has 4 rings (SSSR count). The molecule has 0 spiro atoms. The number of imidazole rings is 1. The van der Waals surface area contributed by atoms with Crippen LogP contribution in [-0.4, -0.2) is 50.0 Å². The Morgan fingerprint density at radius 3 is 2.46 bits per heavy atom. The number of para-hydroxylation sites is 3. The van der Waals surface area contributed by atoms with E-state index in [-0.39, 0.29) is 12.1 Å². The lowest BCUT2D eigenvalue weighted by atomic mass is 10.1. The molecule has 0 saturated heterocycles. The van der Waals surface area contributed by atoms with Crippen molar-refractivity contribution in [3.05, 3.63) is 54.4 Å². The van der Waals surface area contributed by atoms with Gasteiger partial charge in [-0.2, -0.15) is 0 Å².